The molecule has 0 aromatic heterocycles. The Kier molecular flexibility index (Phi) is 5.63. The van der Waals surface area contributed by atoms with Gasteiger partial charge in [0.05, 0.1) is 0 Å². The van der Waals surface area contributed by atoms with Gasteiger partial charge in [0, 0.05) is 12.2 Å². The first-order valence-electron chi connectivity index (χ1n) is 9.31. The number of primary amides is 1. The summed E-state index contributed by atoms with van der Waals surface area (Å²) in [5.74, 6) is -1.54. The van der Waals surface area contributed by atoms with Crippen LogP contribution < -0.4 is 16.0 Å². The molecule has 0 spiro atoms. The number of urea groups is 1. The minimum atomic E-state index is -1.47. The Labute approximate surface area is 162 Å². The van der Waals surface area contributed by atoms with Crippen molar-refractivity contribution in [3.63, 3.8) is 0 Å². The van der Waals surface area contributed by atoms with Gasteiger partial charge in [0.2, 0.25) is 5.91 Å². The highest BCUT2D eigenvalue weighted by molar-refractivity contribution is 5.98. The number of nitrogens with one attached hydrogen (secondary N) is 1. The van der Waals surface area contributed by atoms with Crippen molar-refractivity contribution in [3.05, 3.63) is 65.2 Å². The third-order valence-electron chi connectivity index (χ3n) is 5.26. The summed E-state index contributed by atoms with van der Waals surface area (Å²) < 4.78 is 27.0. The van der Waals surface area contributed by atoms with E-state index in [0.717, 1.165) is 18.4 Å². The van der Waals surface area contributed by atoms with Crippen molar-refractivity contribution in [1.29, 1.82) is 0 Å². The van der Waals surface area contributed by atoms with Crippen molar-refractivity contribution in [2.45, 2.75) is 38.1 Å². The van der Waals surface area contributed by atoms with Crippen molar-refractivity contribution in [2.24, 2.45) is 5.73 Å². The van der Waals surface area contributed by atoms with Crippen molar-refractivity contribution >= 4 is 17.6 Å². The molecule has 0 fully saturated rings. The van der Waals surface area contributed by atoms with E-state index in [2.05, 4.69) is 5.32 Å². The van der Waals surface area contributed by atoms with Crippen LogP contribution in [-0.4, -0.2) is 18.5 Å². The van der Waals surface area contributed by atoms with Crippen LogP contribution in [0.3, 0.4) is 0 Å². The molecule has 1 unspecified atom stereocenters. The molecule has 2 aromatic rings. The highest BCUT2D eigenvalue weighted by atomic mass is 19.1. The topological polar surface area (TPSA) is 75.4 Å². The summed E-state index contributed by atoms with van der Waals surface area (Å²) in [7, 11) is 0. The summed E-state index contributed by atoms with van der Waals surface area (Å²) >= 11 is 0. The van der Waals surface area contributed by atoms with Crippen LogP contribution in [0.15, 0.2) is 42.5 Å². The number of carbonyl (C=O) groups is 2. The minimum Gasteiger partial charge on any atom is -0.367 e. The third-order valence-corrected chi connectivity index (χ3v) is 5.26. The van der Waals surface area contributed by atoms with E-state index >= 15 is 0 Å². The molecule has 1 aliphatic rings. The van der Waals surface area contributed by atoms with Crippen molar-refractivity contribution < 1.29 is 18.4 Å². The molecule has 1 heterocycles. The number of rotatable bonds is 4. The molecule has 1 aliphatic heterocycles. The number of halogens is 2. The number of hydrogen-bond acceptors (Lipinski definition) is 2. The zero-order valence-corrected chi connectivity index (χ0v) is 15.7. The van der Waals surface area contributed by atoms with Crippen molar-refractivity contribution in [2.75, 3.05) is 11.4 Å². The molecule has 0 radical (unpaired) electrons. The Morgan fingerprint density at radius 3 is 2.43 bits per heavy atom. The summed E-state index contributed by atoms with van der Waals surface area (Å²) in [5, 5.41) is 2.76. The lowest BCUT2D eigenvalue weighted by Crippen LogP contribution is -2.58. The van der Waals surface area contributed by atoms with Crippen LogP contribution in [0.4, 0.5) is 19.3 Å². The van der Waals surface area contributed by atoms with Gasteiger partial charge >= 0.3 is 6.03 Å². The first-order valence-corrected chi connectivity index (χ1v) is 9.31. The molecule has 0 saturated heterocycles. The maximum Gasteiger partial charge on any atom is 0.323 e. The van der Waals surface area contributed by atoms with E-state index < -0.39 is 23.3 Å². The fourth-order valence-electron chi connectivity index (χ4n) is 3.66. The average Bonchev–Trinajstić information content (AvgIpc) is 2.88. The standard InChI is InChI=1S/C21H23F2N3O2/c1-2-21(19(24)27,15-6-8-16(22)9-7-15)25-20(28)26-12-4-3-5-14-13-17(23)10-11-18(14)26/h6-11,13H,2-5,12H2,1H3,(H2,24,27)(H,25,28). The molecule has 148 valence electrons. The lowest BCUT2D eigenvalue weighted by Gasteiger charge is -2.34. The highest BCUT2D eigenvalue weighted by Gasteiger charge is 2.40. The highest BCUT2D eigenvalue weighted by Crippen LogP contribution is 2.30. The van der Waals surface area contributed by atoms with Gasteiger partial charge < -0.3 is 11.1 Å². The van der Waals surface area contributed by atoms with Crippen LogP contribution in [0.25, 0.3) is 0 Å². The average molecular weight is 387 g/mol. The van der Waals surface area contributed by atoms with E-state index in [-0.39, 0.29) is 12.2 Å². The van der Waals surface area contributed by atoms with Gasteiger partial charge in [-0.25, -0.2) is 13.6 Å². The van der Waals surface area contributed by atoms with E-state index in [1.165, 1.54) is 41.3 Å². The fraction of sp³-hybridized carbons (Fsp3) is 0.333. The third kappa shape index (κ3) is 3.69. The smallest absolute Gasteiger partial charge is 0.323 e. The Hall–Kier alpha value is -2.96. The van der Waals surface area contributed by atoms with E-state index in [1.807, 2.05) is 0 Å². The summed E-state index contributed by atoms with van der Waals surface area (Å²) in [6.07, 6.45) is 2.44. The molecule has 3 N–H and O–H groups in total. The van der Waals surface area contributed by atoms with Gasteiger partial charge in [0.1, 0.15) is 17.2 Å². The number of aryl methyl sites for hydroxylation is 1. The second kappa shape index (κ2) is 7.96. The zero-order chi connectivity index (χ0) is 20.3. The Balaban J connectivity index is 1.97. The number of fused-ring (bicyclic) bond motifs is 1. The Bertz CT molecular complexity index is 886. The Morgan fingerprint density at radius 1 is 1.11 bits per heavy atom. The summed E-state index contributed by atoms with van der Waals surface area (Å²) in [4.78, 5) is 27.0. The molecule has 7 heteroatoms. The lowest BCUT2D eigenvalue weighted by molar-refractivity contribution is -0.124. The molecule has 3 amide bonds. The van der Waals surface area contributed by atoms with E-state index in [9.17, 15) is 18.4 Å². The predicted molar refractivity (Wildman–Crippen MR) is 103 cm³/mol. The minimum absolute atomic E-state index is 0.198. The van der Waals surface area contributed by atoms with E-state index in [1.54, 1.807) is 13.0 Å². The van der Waals surface area contributed by atoms with E-state index in [4.69, 9.17) is 5.73 Å². The number of amides is 3. The summed E-state index contributed by atoms with van der Waals surface area (Å²) in [6, 6.07) is 9.14. The normalized spacial score (nSPS) is 15.9. The van der Waals surface area contributed by atoms with Gasteiger partial charge in [-0.05, 0) is 67.1 Å². The summed E-state index contributed by atoms with van der Waals surface area (Å²) in [6.45, 7) is 2.16. The number of hydrogen-bond donors (Lipinski definition) is 2. The van der Waals surface area contributed by atoms with Gasteiger partial charge in [0.25, 0.3) is 0 Å². The second-order valence-corrected chi connectivity index (χ2v) is 6.94. The summed E-state index contributed by atoms with van der Waals surface area (Å²) in [5.41, 5.74) is 5.96. The lowest BCUT2D eigenvalue weighted by atomic mass is 9.86. The quantitative estimate of drug-likeness (QED) is 0.841. The SMILES string of the molecule is CCC(NC(=O)N1CCCCc2cc(F)ccc21)(C(N)=O)c1ccc(F)cc1. The Morgan fingerprint density at radius 2 is 1.79 bits per heavy atom. The largest absolute Gasteiger partial charge is 0.367 e. The molecule has 0 bridgehead atoms. The maximum absolute atomic E-state index is 13.6. The molecule has 28 heavy (non-hydrogen) atoms. The zero-order valence-electron chi connectivity index (χ0n) is 15.7. The molecule has 0 aliphatic carbocycles. The molecule has 2 aromatic carbocycles. The van der Waals surface area contributed by atoms with Gasteiger partial charge in [-0.15, -0.1) is 0 Å². The number of benzene rings is 2. The molecule has 5 nitrogen and oxygen atoms in total. The first kappa shape index (κ1) is 19.8. The van der Waals surface area contributed by atoms with Gasteiger partial charge in [-0.2, -0.15) is 0 Å². The van der Waals surface area contributed by atoms with Crippen molar-refractivity contribution in [1.82, 2.24) is 5.32 Å². The van der Waals surface area contributed by atoms with Crippen molar-refractivity contribution in [3.8, 4) is 0 Å². The monoisotopic (exact) mass is 387 g/mol. The van der Waals surface area contributed by atoms with Gasteiger partial charge in [-0.1, -0.05) is 19.1 Å². The van der Waals surface area contributed by atoms with Gasteiger partial charge in [0.15, 0.2) is 0 Å². The molecule has 1 atom stereocenters. The van der Waals surface area contributed by atoms with Crippen LogP contribution in [0.5, 0.6) is 0 Å². The van der Waals surface area contributed by atoms with Crippen LogP contribution >= 0.6 is 0 Å². The van der Waals surface area contributed by atoms with Crippen LogP contribution in [0.1, 0.15) is 37.3 Å². The molecule has 0 saturated carbocycles. The number of nitrogens with two attached hydrogens (primary N) is 1. The fourth-order valence-corrected chi connectivity index (χ4v) is 3.66. The molecular formula is C21H23F2N3O2. The second-order valence-electron chi connectivity index (χ2n) is 6.94. The van der Waals surface area contributed by atoms with Crippen LogP contribution in [-0.2, 0) is 16.8 Å². The molecular weight excluding hydrogens is 364 g/mol. The molecule has 3 rings (SSSR count). The number of nitrogens with zero attached hydrogens (tertiary/aromatic N) is 1. The van der Waals surface area contributed by atoms with Crippen LogP contribution in [0.2, 0.25) is 0 Å². The number of anilines is 1. The maximum atomic E-state index is 13.6. The van der Waals surface area contributed by atoms with Crippen LogP contribution in [0, 0.1) is 11.6 Å². The number of carbonyl (C=O) groups excluding carboxylic acids is 2. The van der Waals surface area contributed by atoms with Gasteiger partial charge in [-0.3, -0.25) is 9.69 Å². The predicted octanol–water partition coefficient (Wildman–Crippen LogP) is 3.61. The van der Waals surface area contributed by atoms with E-state index in [0.29, 0.717) is 24.2 Å². The first-order chi connectivity index (χ1) is 13.4.